The Kier molecular flexibility index (Phi) is 5.44. The number of hydrogen-bond acceptors (Lipinski definition) is 3. The molecule has 1 amide bonds. The Bertz CT molecular complexity index is 485. The normalized spacial score (nSPS) is 11.6. The Balaban J connectivity index is 2.72. The molecule has 102 valence electrons. The summed E-state index contributed by atoms with van der Waals surface area (Å²) in [4.78, 5) is 23.0. The highest BCUT2D eigenvalue weighted by Crippen LogP contribution is 2.06. The summed E-state index contributed by atoms with van der Waals surface area (Å²) in [6.07, 6.45) is 0.810. The van der Waals surface area contributed by atoms with Crippen molar-refractivity contribution < 1.29 is 14.7 Å². The molecular formula is C13H16N2O3S. The average Bonchev–Trinajstić information content (AvgIpc) is 2.35. The molecule has 0 aromatic heterocycles. The van der Waals surface area contributed by atoms with Gasteiger partial charge in [-0.2, -0.15) is 0 Å². The lowest BCUT2D eigenvalue weighted by Crippen LogP contribution is -2.40. The molecule has 4 N–H and O–H groups in total. The van der Waals surface area contributed by atoms with Crippen molar-refractivity contribution in [2.24, 2.45) is 5.73 Å². The first-order valence-electron chi connectivity index (χ1n) is 5.85. The highest BCUT2D eigenvalue weighted by Gasteiger charge is 2.18. The van der Waals surface area contributed by atoms with Crippen LogP contribution in [0.4, 0.5) is 0 Å². The molecule has 0 aliphatic carbocycles. The van der Waals surface area contributed by atoms with Crippen LogP contribution in [0.15, 0.2) is 24.3 Å². The summed E-state index contributed by atoms with van der Waals surface area (Å²) in [7, 11) is 0. The minimum absolute atomic E-state index is 0.334. The first-order chi connectivity index (χ1) is 8.93. The second-order valence-corrected chi connectivity index (χ2v) is 4.64. The molecule has 0 saturated heterocycles. The van der Waals surface area contributed by atoms with Crippen LogP contribution in [-0.4, -0.2) is 28.0 Å². The number of hydrogen-bond donors (Lipinski definition) is 3. The molecule has 5 nitrogen and oxygen atoms in total. The number of benzene rings is 1. The van der Waals surface area contributed by atoms with Crippen molar-refractivity contribution in [3.05, 3.63) is 35.4 Å². The summed E-state index contributed by atoms with van der Waals surface area (Å²) >= 11 is 4.80. The highest BCUT2D eigenvalue weighted by molar-refractivity contribution is 7.80. The summed E-state index contributed by atoms with van der Waals surface area (Å²) < 4.78 is 0. The molecule has 0 bridgehead atoms. The van der Waals surface area contributed by atoms with Crippen molar-refractivity contribution in [1.82, 2.24) is 5.32 Å². The molecule has 0 saturated carbocycles. The first-order valence-corrected chi connectivity index (χ1v) is 6.25. The van der Waals surface area contributed by atoms with E-state index in [1.807, 2.05) is 0 Å². The van der Waals surface area contributed by atoms with Gasteiger partial charge in [-0.25, -0.2) is 4.79 Å². The Morgan fingerprint density at radius 3 is 2.37 bits per heavy atom. The van der Waals surface area contributed by atoms with Gasteiger partial charge in [0.1, 0.15) is 6.04 Å². The van der Waals surface area contributed by atoms with Crippen LogP contribution in [0, 0.1) is 0 Å². The van der Waals surface area contributed by atoms with Gasteiger partial charge in [-0.1, -0.05) is 31.3 Å². The fraction of sp³-hybridized carbons (Fsp3) is 0.308. The summed E-state index contributed by atoms with van der Waals surface area (Å²) in [6, 6.07) is 5.87. The molecule has 0 aliphatic rings. The smallest absolute Gasteiger partial charge is 0.326 e. The predicted octanol–water partition coefficient (Wildman–Crippen LogP) is 1.11. The van der Waals surface area contributed by atoms with Crippen LogP contribution in [-0.2, 0) is 11.2 Å². The van der Waals surface area contributed by atoms with Crippen LogP contribution in [0.1, 0.15) is 29.3 Å². The molecule has 1 rings (SSSR count). The van der Waals surface area contributed by atoms with Gasteiger partial charge in [0.05, 0.1) is 4.99 Å². The number of rotatable bonds is 6. The Hall–Kier alpha value is -1.95. The van der Waals surface area contributed by atoms with Crippen molar-refractivity contribution in [2.75, 3.05) is 0 Å². The van der Waals surface area contributed by atoms with E-state index >= 15 is 0 Å². The summed E-state index contributed by atoms with van der Waals surface area (Å²) in [5, 5.41) is 11.3. The van der Waals surface area contributed by atoms with Gasteiger partial charge in [-0.05, 0) is 24.1 Å². The fourth-order valence-corrected chi connectivity index (χ4v) is 1.72. The Morgan fingerprint density at radius 1 is 1.37 bits per heavy atom. The molecule has 0 spiro atoms. The number of thiocarbonyl (C=S) groups is 1. The van der Waals surface area contributed by atoms with Crippen molar-refractivity contribution in [3.8, 4) is 0 Å². The van der Waals surface area contributed by atoms with Crippen LogP contribution < -0.4 is 11.1 Å². The van der Waals surface area contributed by atoms with E-state index in [0.717, 1.165) is 5.56 Å². The average molecular weight is 280 g/mol. The van der Waals surface area contributed by atoms with Crippen molar-refractivity contribution in [1.29, 1.82) is 0 Å². The minimum atomic E-state index is -1.04. The second kappa shape index (κ2) is 6.84. The number of carbonyl (C=O) groups excluding carboxylic acids is 1. The molecular weight excluding hydrogens is 264 g/mol. The molecule has 1 aromatic carbocycles. The van der Waals surface area contributed by atoms with Gasteiger partial charge in [0.2, 0.25) is 0 Å². The lowest BCUT2D eigenvalue weighted by molar-refractivity contribution is -0.139. The van der Waals surface area contributed by atoms with Crippen LogP contribution in [0.3, 0.4) is 0 Å². The van der Waals surface area contributed by atoms with Gasteiger partial charge < -0.3 is 16.2 Å². The van der Waals surface area contributed by atoms with E-state index in [0.29, 0.717) is 23.4 Å². The molecule has 0 heterocycles. The SMILES string of the molecule is CCC(NC(=O)c1ccc(CC(N)=S)cc1)C(=O)O. The van der Waals surface area contributed by atoms with E-state index in [-0.39, 0.29) is 0 Å². The van der Waals surface area contributed by atoms with E-state index in [1.54, 1.807) is 31.2 Å². The lowest BCUT2D eigenvalue weighted by Gasteiger charge is -2.12. The van der Waals surface area contributed by atoms with E-state index in [9.17, 15) is 9.59 Å². The van der Waals surface area contributed by atoms with Crippen LogP contribution >= 0.6 is 12.2 Å². The van der Waals surface area contributed by atoms with Crippen molar-refractivity contribution in [2.45, 2.75) is 25.8 Å². The zero-order valence-electron chi connectivity index (χ0n) is 10.6. The maximum absolute atomic E-state index is 11.8. The fourth-order valence-electron chi connectivity index (χ4n) is 1.56. The second-order valence-electron chi connectivity index (χ2n) is 4.11. The van der Waals surface area contributed by atoms with Gasteiger partial charge in [-0.15, -0.1) is 0 Å². The molecule has 1 atom stereocenters. The Morgan fingerprint density at radius 2 is 1.95 bits per heavy atom. The number of nitrogens with two attached hydrogens (primary N) is 1. The molecule has 0 aliphatic heterocycles. The van der Waals surface area contributed by atoms with Crippen LogP contribution in [0.25, 0.3) is 0 Å². The number of carboxylic acids is 1. The highest BCUT2D eigenvalue weighted by atomic mass is 32.1. The van der Waals surface area contributed by atoms with Gasteiger partial charge in [0.25, 0.3) is 5.91 Å². The topological polar surface area (TPSA) is 92.4 Å². The van der Waals surface area contributed by atoms with E-state index in [4.69, 9.17) is 23.1 Å². The minimum Gasteiger partial charge on any atom is -0.480 e. The Labute approximate surface area is 116 Å². The summed E-state index contributed by atoms with van der Waals surface area (Å²) in [5.41, 5.74) is 6.75. The quantitative estimate of drug-likeness (QED) is 0.679. The number of carboxylic acid groups (broad SMARTS) is 1. The molecule has 6 heteroatoms. The van der Waals surface area contributed by atoms with Crippen molar-refractivity contribution >= 4 is 29.1 Å². The van der Waals surface area contributed by atoms with Crippen LogP contribution in [0.5, 0.6) is 0 Å². The maximum Gasteiger partial charge on any atom is 0.326 e. The third-order valence-corrected chi connectivity index (χ3v) is 2.75. The zero-order valence-corrected chi connectivity index (χ0v) is 11.4. The summed E-state index contributed by atoms with van der Waals surface area (Å²) in [6.45, 7) is 1.70. The third kappa shape index (κ3) is 4.67. The third-order valence-electron chi connectivity index (χ3n) is 2.61. The molecule has 1 unspecified atom stereocenters. The number of nitrogens with one attached hydrogen (secondary N) is 1. The van der Waals surface area contributed by atoms with Gasteiger partial charge in [0, 0.05) is 12.0 Å². The van der Waals surface area contributed by atoms with E-state index in [1.165, 1.54) is 0 Å². The number of amides is 1. The molecule has 0 fully saturated rings. The van der Waals surface area contributed by atoms with E-state index < -0.39 is 17.9 Å². The molecule has 0 radical (unpaired) electrons. The lowest BCUT2D eigenvalue weighted by atomic mass is 10.1. The summed E-state index contributed by atoms with van der Waals surface area (Å²) in [5.74, 6) is -1.45. The largest absolute Gasteiger partial charge is 0.480 e. The maximum atomic E-state index is 11.8. The van der Waals surface area contributed by atoms with Crippen molar-refractivity contribution in [3.63, 3.8) is 0 Å². The van der Waals surface area contributed by atoms with Gasteiger partial charge in [-0.3, -0.25) is 4.79 Å². The molecule has 19 heavy (non-hydrogen) atoms. The van der Waals surface area contributed by atoms with Crippen LogP contribution in [0.2, 0.25) is 0 Å². The van der Waals surface area contributed by atoms with Gasteiger partial charge >= 0.3 is 5.97 Å². The molecule has 1 aromatic rings. The van der Waals surface area contributed by atoms with Gasteiger partial charge in [0.15, 0.2) is 0 Å². The number of aliphatic carboxylic acids is 1. The predicted molar refractivity (Wildman–Crippen MR) is 76.1 cm³/mol. The monoisotopic (exact) mass is 280 g/mol. The first kappa shape index (κ1) is 15.1. The standard InChI is InChI=1S/C13H16N2O3S/c1-2-10(13(17)18)15-12(16)9-5-3-8(4-6-9)7-11(14)19/h3-6,10H,2,7H2,1H3,(H2,14,19)(H,15,16)(H,17,18). The number of carbonyl (C=O) groups is 2. The van der Waals surface area contributed by atoms with E-state index in [2.05, 4.69) is 5.32 Å². The zero-order chi connectivity index (χ0) is 14.4.